The van der Waals surface area contributed by atoms with E-state index in [1.807, 2.05) is 30.5 Å². The number of nitrogens with zero attached hydrogens (tertiary/aromatic N) is 1. The Hall–Kier alpha value is -1.89. The van der Waals surface area contributed by atoms with Crippen LogP contribution in [-0.2, 0) is 0 Å². The number of rotatable bonds is 4. The quantitative estimate of drug-likeness (QED) is 0.698. The third kappa shape index (κ3) is 2.37. The zero-order valence-electron chi connectivity index (χ0n) is 9.21. The average molecular weight is 209 g/mol. The van der Waals surface area contributed by atoms with Crippen molar-refractivity contribution < 1.29 is 0 Å². The predicted molar refractivity (Wildman–Crippen MR) is 67.3 cm³/mol. The third-order valence-electron chi connectivity index (χ3n) is 2.65. The summed E-state index contributed by atoms with van der Waals surface area (Å²) in [4.78, 5) is 4.43. The molecule has 1 nitrogen and oxygen atoms in total. The Morgan fingerprint density at radius 2 is 1.81 bits per heavy atom. The van der Waals surface area contributed by atoms with Gasteiger partial charge in [0.1, 0.15) is 0 Å². The standard InChI is InChI=1S/C15H15N/c1-2-8-14(13-9-4-3-5-10-13)15-11-6-7-12-16-15/h2-7,9-12,14H,1,8H2. The molecule has 2 rings (SSSR count). The lowest BCUT2D eigenvalue weighted by molar-refractivity contribution is 0.795. The second-order valence-corrected chi connectivity index (χ2v) is 3.74. The second-order valence-electron chi connectivity index (χ2n) is 3.74. The first-order chi connectivity index (χ1) is 7.92. The van der Waals surface area contributed by atoms with Gasteiger partial charge in [0.2, 0.25) is 0 Å². The summed E-state index contributed by atoms with van der Waals surface area (Å²) < 4.78 is 0. The molecular formula is C15H15N. The molecule has 1 aromatic carbocycles. The molecule has 0 aliphatic carbocycles. The van der Waals surface area contributed by atoms with Crippen molar-refractivity contribution in [3.8, 4) is 0 Å². The van der Waals surface area contributed by atoms with E-state index in [9.17, 15) is 0 Å². The van der Waals surface area contributed by atoms with Gasteiger partial charge in [0.15, 0.2) is 0 Å². The first-order valence-electron chi connectivity index (χ1n) is 5.48. The Kier molecular flexibility index (Phi) is 3.50. The molecule has 2 aromatic rings. The lowest BCUT2D eigenvalue weighted by Gasteiger charge is -2.14. The van der Waals surface area contributed by atoms with Gasteiger partial charge in [-0.25, -0.2) is 0 Å². The number of allylic oxidation sites excluding steroid dienone is 1. The average Bonchev–Trinajstić information content (AvgIpc) is 2.38. The molecule has 0 radical (unpaired) electrons. The molecule has 1 aromatic heterocycles. The topological polar surface area (TPSA) is 12.9 Å². The largest absolute Gasteiger partial charge is 0.261 e. The molecule has 0 N–H and O–H groups in total. The fraction of sp³-hybridized carbons (Fsp3) is 0.133. The zero-order valence-corrected chi connectivity index (χ0v) is 9.21. The molecular weight excluding hydrogens is 194 g/mol. The Labute approximate surface area is 96.5 Å². The third-order valence-corrected chi connectivity index (χ3v) is 2.65. The highest BCUT2D eigenvalue weighted by molar-refractivity contribution is 5.28. The summed E-state index contributed by atoms with van der Waals surface area (Å²) in [5.74, 6) is 0.319. The van der Waals surface area contributed by atoms with E-state index in [2.05, 4.69) is 41.9 Å². The molecule has 0 amide bonds. The van der Waals surface area contributed by atoms with Gasteiger partial charge in [0.25, 0.3) is 0 Å². The monoisotopic (exact) mass is 209 g/mol. The van der Waals surface area contributed by atoms with Crippen molar-refractivity contribution in [1.82, 2.24) is 4.98 Å². The van der Waals surface area contributed by atoms with E-state index < -0.39 is 0 Å². The van der Waals surface area contributed by atoms with Crippen LogP contribution in [0.1, 0.15) is 23.6 Å². The Morgan fingerprint density at radius 1 is 1.06 bits per heavy atom. The molecule has 0 spiro atoms. The van der Waals surface area contributed by atoms with Gasteiger partial charge < -0.3 is 0 Å². The summed E-state index contributed by atoms with van der Waals surface area (Å²) in [7, 11) is 0. The van der Waals surface area contributed by atoms with E-state index >= 15 is 0 Å². The number of pyridine rings is 1. The smallest absolute Gasteiger partial charge is 0.0481 e. The lowest BCUT2D eigenvalue weighted by Crippen LogP contribution is -2.01. The minimum atomic E-state index is 0.319. The molecule has 80 valence electrons. The van der Waals surface area contributed by atoms with Crippen LogP contribution in [-0.4, -0.2) is 4.98 Å². The van der Waals surface area contributed by atoms with Crippen LogP contribution in [0.15, 0.2) is 67.4 Å². The molecule has 0 bridgehead atoms. The highest BCUT2D eigenvalue weighted by Crippen LogP contribution is 2.26. The Bertz CT molecular complexity index is 394. The Morgan fingerprint density at radius 3 is 2.44 bits per heavy atom. The fourth-order valence-electron chi connectivity index (χ4n) is 1.86. The second kappa shape index (κ2) is 5.26. The van der Waals surface area contributed by atoms with Gasteiger partial charge in [-0.2, -0.15) is 0 Å². The molecule has 0 aliphatic heterocycles. The number of hydrogen-bond donors (Lipinski definition) is 0. The highest BCUT2D eigenvalue weighted by Gasteiger charge is 2.12. The molecule has 0 fully saturated rings. The number of hydrogen-bond acceptors (Lipinski definition) is 1. The van der Waals surface area contributed by atoms with Crippen molar-refractivity contribution in [2.45, 2.75) is 12.3 Å². The maximum atomic E-state index is 4.43. The summed E-state index contributed by atoms with van der Waals surface area (Å²) in [6.07, 6.45) is 4.71. The van der Waals surface area contributed by atoms with Gasteiger partial charge in [-0.3, -0.25) is 4.98 Å². The van der Waals surface area contributed by atoms with E-state index in [0.717, 1.165) is 12.1 Å². The van der Waals surface area contributed by atoms with Crippen LogP contribution in [0.2, 0.25) is 0 Å². The SMILES string of the molecule is C=CCC(c1ccccc1)c1ccccn1. The molecule has 0 saturated heterocycles. The minimum absolute atomic E-state index is 0.319. The van der Waals surface area contributed by atoms with Crippen LogP contribution in [0, 0.1) is 0 Å². The molecule has 1 unspecified atom stereocenters. The van der Waals surface area contributed by atoms with E-state index in [-0.39, 0.29) is 0 Å². The van der Waals surface area contributed by atoms with Crippen molar-refractivity contribution in [1.29, 1.82) is 0 Å². The summed E-state index contributed by atoms with van der Waals surface area (Å²) in [6.45, 7) is 3.82. The first-order valence-corrected chi connectivity index (χ1v) is 5.48. The van der Waals surface area contributed by atoms with Crippen molar-refractivity contribution in [2.75, 3.05) is 0 Å². The van der Waals surface area contributed by atoms with E-state index in [1.165, 1.54) is 5.56 Å². The van der Waals surface area contributed by atoms with Crippen molar-refractivity contribution in [2.24, 2.45) is 0 Å². The van der Waals surface area contributed by atoms with Gasteiger partial charge in [-0.1, -0.05) is 42.5 Å². The first kappa shape index (κ1) is 10.6. The molecule has 1 heteroatoms. The van der Waals surface area contributed by atoms with E-state index in [0.29, 0.717) is 5.92 Å². The van der Waals surface area contributed by atoms with Gasteiger partial charge in [0, 0.05) is 17.8 Å². The zero-order chi connectivity index (χ0) is 11.2. The van der Waals surface area contributed by atoms with Gasteiger partial charge in [-0.15, -0.1) is 6.58 Å². The summed E-state index contributed by atoms with van der Waals surface area (Å²) >= 11 is 0. The number of benzene rings is 1. The van der Waals surface area contributed by atoms with Crippen LogP contribution < -0.4 is 0 Å². The Balaban J connectivity index is 2.35. The maximum Gasteiger partial charge on any atom is 0.0481 e. The van der Waals surface area contributed by atoms with Gasteiger partial charge >= 0.3 is 0 Å². The predicted octanol–water partition coefficient (Wildman–Crippen LogP) is 3.79. The summed E-state index contributed by atoms with van der Waals surface area (Å²) in [6, 6.07) is 16.5. The minimum Gasteiger partial charge on any atom is -0.261 e. The van der Waals surface area contributed by atoms with Gasteiger partial charge in [-0.05, 0) is 24.1 Å². The maximum absolute atomic E-state index is 4.43. The van der Waals surface area contributed by atoms with Crippen molar-refractivity contribution >= 4 is 0 Å². The van der Waals surface area contributed by atoms with Crippen LogP contribution in [0.25, 0.3) is 0 Å². The normalized spacial score (nSPS) is 12.0. The highest BCUT2D eigenvalue weighted by atomic mass is 14.7. The molecule has 1 atom stereocenters. The molecule has 1 heterocycles. The summed E-state index contributed by atoms with van der Waals surface area (Å²) in [5.41, 5.74) is 2.40. The van der Waals surface area contributed by atoms with Crippen LogP contribution in [0.4, 0.5) is 0 Å². The molecule has 0 aliphatic rings. The van der Waals surface area contributed by atoms with Gasteiger partial charge in [0.05, 0.1) is 0 Å². The summed E-state index contributed by atoms with van der Waals surface area (Å²) in [5, 5.41) is 0. The van der Waals surface area contributed by atoms with Crippen molar-refractivity contribution in [3.05, 3.63) is 78.6 Å². The lowest BCUT2D eigenvalue weighted by atomic mass is 9.92. The van der Waals surface area contributed by atoms with Crippen LogP contribution in [0.3, 0.4) is 0 Å². The van der Waals surface area contributed by atoms with Crippen LogP contribution in [0.5, 0.6) is 0 Å². The van der Waals surface area contributed by atoms with E-state index in [4.69, 9.17) is 0 Å². The van der Waals surface area contributed by atoms with Crippen molar-refractivity contribution in [3.63, 3.8) is 0 Å². The van der Waals surface area contributed by atoms with Crippen LogP contribution >= 0.6 is 0 Å². The molecule has 0 saturated carbocycles. The number of aromatic nitrogens is 1. The van der Waals surface area contributed by atoms with E-state index in [1.54, 1.807) is 0 Å². The molecule has 16 heavy (non-hydrogen) atoms. The fourth-order valence-corrected chi connectivity index (χ4v) is 1.86.